The SMILES string of the molecule is Cc1ccccc1NC(=O)COc1ccc(/C=N\NC(=O)c2cccc3ccccc23)cc1. The van der Waals surface area contributed by atoms with Crippen molar-refractivity contribution in [3.05, 3.63) is 108 Å². The third kappa shape index (κ3) is 5.62. The first-order chi connectivity index (χ1) is 16.1. The first kappa shape index (κ1) is 21.8. The molecular weight excluding hydrogens is 414 g/mol. The van der Waals surface area contributed by atoms with Crippen LogP contribution in [0.15, 0.2) is 96.1 Å². The second kappa shape index (κ2) is 10.2. The van der Waals surface area contributed by atoms with Gasteiger partial charge in [-0.25, -0.2) is 5.43 Å². The zero-order chi connectivity index (χ0) is 23.0. The molecular formula is C27H23N3O3. The second-order valence-electron chi connectivity index (χ2n) is 7.45. The number of carbonyl (C=O) groups excluding carboxylic acids is 2. The Hall–Kier alpha value is -4.45. The molecule has 6 nitrogen and oxygen atoms in total. The highest BCUT2D eigenvalue weighted by molar-refractivity contribution is 6.07. The van der Waals surface area contributed by atoms with Gasteiger partial charge in [0.25, 0.3) is 11.8 Å². The number of nitrogens with zero attached hydrogens (tertiary/aromatic N) is 1. The molecule has 0 radical (unpaired) electrons. The number of rotatable bonds is 7. The van der Waals surface area contributed by atoms with Crippen molar-refractivity contribution in [1.29, 1.82) is 0 Å². The Bertz CT molecular complexity index is 1310. The molecule has 4 aromatic carbocycles. The van der Waals surface area contributed by atoms with Gasteiger partial charge in [0, 0.05) is 11.3 Å². The minimum Gasteiger partial charge on any atom is -0.484 e. The van der Waals surface area contributed by atoms with Gasteiger partial charge in [-0.15, -0.1) is 0 Å². The molecule has 0 atom stereocenters. The summed E-state index contributed by atoms with van der Waals surface area (Å²) < 4.78 is 5.55. The maximum atomic E-state index is 12.5. The number of amides is 2. The van der Waals surface area contributed by atoms with Crippen LogP contribution in [0.3, 0.4) is 0 Å². The predicted octanol–water partition coefficient (Wildman–Crippen LogP) is 4.93. The fourth-order valence-corrected chi connectivity index (χ4v) is 3.35. The van der Waals surface area contributed by atoms with Crippen molar-refractivity contribution < 1.29 is 14.3 Å². The largest absolute Gasteiger partial charge is 0.484 e. The summed E-state index contributed by atoms with van der Waals surface area (Å²) in [5, 5.41) is 8.76. The molecule has 0 bridgehead atoms. The first-order valence-electron chi connectivity index (χ1n) is 10.5. The van der Waals surface area contributed by atoms with E-state index in [2.05, 4.69) is 15.8 Å². The molecule has 0 saturated heterocycles. The zero-order valence-corrected chi connectivity index (χ0v) is 18.1. The number of anilines is 1. The van der Waals surface area contributed by atoms with E-state index >= 15 is 0 Å². The Morgan fingerprint density at radius 2 is 1.61 bits per heavy atom. The van der Waals surface area contributed by atoms with Crippen molar-refractivity contribution >= 4 is 34.5 Å². The Balaban J connectivity index is 1.29. The lowest BCUT2D eigenvalue weighted by molar-refractivity contribution is -0.118. The van der Waals surface area contributed by atoms with E-state index < -0.39 is 0 Å². The van der Waals surface area contributed by atoms with Crippen molar-refractivity contribution in [2.75, 3.05) is 11.9 Å². The van der Waals surface area contributed by atoms with Crippen molar-refractivity contribution in [1.82, 2.24) is 5.43 Å². The maximum Gasteiger partial charge on any atom is 0.271 e. The summed E-state index contributed by atoms with van der Waals surface area (Å²) in [5.74, 6) is 0.0561. The number of carbonyl (C=O) groups is 2. The third-order valence-corrected chi connectivity index (χ3v) is 5.08. The van der Waals surface area contributed by atoms with E-state index in [1.165, 1.54) is 0 Å². The summed E-state index contributed by atoms with van der Waals surface area (Å²) in [6.45, 7) is 1.84. The van der Waals surface area contributed by atoms with E-state index in [-0.39, 0.29) is 18.4 Å². The predicted molar refractivity (Wildman–Crippen MR) is 131 cm³/mol. The quantitative estimate of drug-likeness (QED) is 0.318. The van der Waals surface area contributed by atoms with Crippen LogP contribution < -0.4 is 15.5 Å². The van der Waals surface area contributed by atoms with Gasteiger partial charge >= 0.3 is 0 Å². The van der Waals surface area contributed by atoms with E-state index in [4.69, 9.17) is 4.74 Å². The van der Waals surface area contributed by atoms with Gasteiger partial charge < -0.3 is 10.1 Å². The monoisotopic (exact) mass is 437 g/mol. The van der Waals surface area contributed by atoms with Crippen molar-refractivity contribution in [3.63, 3.8) is 0 Å². The highest BCUT2D eigenvalue weighted by Gasteiger charge is 2.08. The Morgan fingerprint density at radius 3 is 2.42 bits per heavy atom. The molecule has 0 aromatic heterocycles. The van der Waals surface area contributed by atoms with Crippen LogP contribution in [0.25, 0.3) is 10.8 Å². The Morgan fingerprint density at radius 1 is 0.879 bits per heavy atom. The van der Waals surface area contributed by atoms with Crippen LogP contribution in [0.1, 0.15) is 21.5 Å². The molecule has 4 aromatic rings. The van der Waals surface area contributed by atoms with Gasteiger partial charge in [0.05, 0.1) is 6.21 Å². The number of nitrogens with one attached hydrogen (secondary N) is 2. The molecule has 0 aliphatic carbocycles. The Kier molecular flexibility index (Phi) is 6.75. The molecule has 0 unspecified atom stereocenters. The number of aryl methyl sites for hydroxylation is 1. The molecule has 0 heterocycles. The molecule has 33 heavy (non-hydrogen) atoms. The fraction of sp³-hybridized carbons (Fsp3) is 0.0741. The van der Waals surface area contributed by atoms with Gasteiger partial charge in [0.2, 0.25) is 0 Å². The average Bonchev–Trinajstić information content (AvgIpc) is 2.84. The summed E-state index contributed by atoms with van der Waals surface area (Å²) >= 11 is 0. The van der Waals surface area contributed by atoms with Crippen LogP contribution in [0.2, 0.25) is 0 Å². The average molecular weight is 437 g/mol. The lowest BCUT2D eigenvalue weighted by Gasteiger charge is -2.09. The minimum absolute atomic E-state index is 0.0944. The molecule has 0 saturated carbocycles. The van der Waals surface area contributed by atoms with Gasteiger partial charge in [0.1, 0.15) is 5.75 Å². The van der Waals surface area contributed by atoms with E-state index in [0.29, 0.717) is 11.3 Å². The zero-order valence-electron chi connectivity index (χ0n) is 18.1. The first-order valence-corrected chi connectivity index (χ1v) is 10.5. The molecule has 6 heteroatoms. The summed E-state index contributed by atoms with van der Waals surface area (Å²) in [6.07, 6.45) is 1.55. The van der Waals surface area contributed by atoms with E-state index in [0.717, 1.165) is 27.6 Å². The van der Waals surface area contributed by atoms with Crippen LogP contribution in [0, 0.1) is 6.92 Å². The van der Waals surface area contributed by atoms with Crippen LogP contribution in [-0.4, -0.2) is 24.6 Å². The maximum absolute atomic E-state index is 12.5. The molecule has 164 valence electrons. The number of benzene rings is 4. The molecule has 2 N–H and O–H groups in total. The third-order valence-electron chi connectivity index (χ3n) is 5.08. The standard InChI is InChI=1S/C27H23N3O3/c1-19-7-2-5-12-25(19)29-26(31)18-33-22-15-13-20(14-16-22)17-28-30-27(32)24-11-6-9-21-8-3-4-10-23(21)24/h2-17H,18H2,1H3,(H,29,31)(H,30,32)/b28-17-. The van der Waals surface area contributed by atoms with E-state index in [9.17, 15) is 9.59 Å². The second-order valence-corrected chi connectivity index (χ2v) is 7.45. The number of hydrogen-bond donors (Lipinski definition) is 2. The van der Waals surface area contributed by atoms with Gasteiger partial charge in [0.15, 0.2) is 6.61 Å². The lowest BCUT2D eigenvalue weighted by atomic mass is 10.0. The smallest absolute Gasteiger partial charge is 0.271 e. The van der Waals surface area contributed by atoms with Gasteiger partial charge in [-0.3, -0.25) is 9.59 Å². The molecule has 2 amide bonds. The normalized spacial score (nSPS) is 10.8. The van der Waals surface area contributed by atoms with Crippen LogP contribution >= 0.6 is 0 Å². The molecule has 0 spiro atoms. The molecule has 0 aliphatic heterocycles. The van der Waals surface area contributed by atoms with Crippen molar-refractivity contribution in [3.8, 4) is 5.75 Å². The van der Waals surface area contributed by atoms with Gasteiger partial charge in [-0.1, -0.05) is 54.6 Å². The number of fused-ring (bicyclic) bond motifs is 1. The summed E-state index contributed by atoms with van der Waals surface area (Å²) in [4.78, 5) is 24.6. The molecule has 0 aliphatic rings. The van der Waals surface area contributed by atoms with Crippen LogP contribution in [-0.2, 0) is 4.79 Å². The van der Waals surface area contributed by atoms with Crippen LogP contribution in [0.4, 0.5) is 5.69 Å². The molecule has 4 rings (SSSR count). The number of ether oxygens (including phenoxy) is 1. The van der Waals surface area contributed by atoms with E-state index in [1.54, 1.807) is 36.5 Å². The number of hydrogen-bond acceptors (Lipinski definition) is 4. The summed E-state index contributed by atoms with van der Waals surface area (Å²) in [7, 11) is 0. The van der Waals surface area contributed by atoms with Gasteiger partial charge in [-0.2, -0.15) is 5.10 Å². The van der Waals surface area contributed by atoms with Crippen molar-refractivity contribution in [2.24, 2.45) is 5.10 Å². The van der Waals surface area contributed by atoms with Gasteiger partial charge in [-0.05, 0) is 65.2 Å². The topological polar surface area (TPSA) is 79.8 Å². The Labute approximate surface area is 191 Å². The van der Waals surface area contributed by atoms with Crippen LogP contribution in [0.5, 0.6) is 5.75 Å². The lowest BCUT2D eigenvalue weighted by Crippen LogP contribution is -2.20. The fourth-order valence-electron chi connectivity index (χ4n) is 3.35. The van der Waals surface area contributed by atoms with Crippen molar-refractivity contribution in [2.45, 2.75) is 6.92 Å². The highest BCUT2D eigenvalue weighted by atomic mass is 16.5. The highest BCUT2D eigenvalue weighted by Crippen LogP contribution is 2.18. The minimum atomic E-state index is -0.275. The summed E-state index contributed by atoms with van der Waals surface area (Å²) in [5.41, 5.74) is 5.67. The number of hydrazone groups is 1. The number of para-hydroxylation sites is 1. The van der Waals surface area contributed by atoms with E-state index in [1.807, 2.05) is 67.6 Å². The summed E-state index contributed by atoms with van der Waals surface area (Å²) in [6, 6.07) is 27.9. The molecule has 0 fully saturated rings.